The maximum absolute atomic E-state index is 12.7. The number of hydrogen-bond acceptors (Lipinski definition) is 4. The van der Waals surface area contributed by atoms with Crippen LogP contribution in [0.4, 0.5) is 11.4 Å². The highest BCUT2D eigenvalue weighted by atomic mass is 16.5. The Hall–Kier alpha value is -3.80. The van der Waals surface area contributed by atoms with Gasteiger partial charge in [0.2, 0.25) is 11.8 Å². The summed E-state index contributed by atoms with van der Waals surface area (Å²) in [7, 11) is 1.60. The molecular weight excluding hydrogens is 392 g/mol. The van der Waals surface area contributed by atoms with Gasteiger partial charge in [0.15, 0.2) is 0 Å². The van der Waals surface area contributed by atoms with Gasteiger partial charge in [0.05, 0.1) is 13.0 Å². The Labute approximate surface area is 181 Å². The van der Waals surface area contributed by atoms with Crippen molar-refractivity contribution < 1.29 is 19.1 Å². The van der Waals surface area contributed by atoms with Gasteiger partial charge < -0.3 is 19.7 Å². The average Bonchev–Trinajstić information content (AvgIpc) is 3.21. The van der Waals surface area contributed by atoms with Crippen LogP contribution in [0.5, 0.6) is 11.5 Å². The predicted molar refractivity (Wildman–Crippen MR) is 119 cm³/mol. The first-order valence-corrected chi connectivity index (χ1v) is 10.1. The number of nitrogens with zero attached hydrogens (tertiary/aromatic N) is 1. The van der Waals surface area contributed by atoms with Crippen LogP contribution in [0.2, 0.25) is 0 Å². The predicted octanol–water partition coefficient (Wildman–Crippen LogP) is 4.27. The number of ether oxygens (including phenoxy) is 2. The molecule has 0 unspecified atom stereocenters. The molecule has 0 aliphatic carbocycles. The molecule has 2 amide bonds. The third-order valence-electron chi connectivity index (χ3n) is 5.25. The Kier molecular flexibility index (Phi) is 6.17. The quantitative estimate of drug-likeness (QED) is 0.625. The number of carbonyl (C=O) groups excluding carboxylic acids is 2. The molecule has 0 spiro atoms. The zero-order valence-electron chi connectivity index (χ0n) is 17.3. The molecule has 1 saturated heterocycles. The highest BCUT2D eigenvalue weighted by Gasteiger charge is 2.35. The number of hydrogen-bond donors (Lipinski definition) is 1. The van der Waals surface area contributed by atoms with E-state index >= 15 is 0 Å². The summed E-state index contributed by atoms with van der Waals surface area (Å²) < 4.78 is 10.9. The lowest BCUT2D eigenvalue weighted by atomic mass is 10.1. The van der Waals surface area contributed by atoms with Gasteiger partial charge in [0, 0.05) is 24.3 Å². The summed E-state index contributed by atoms with van der Waals surface area (Å²) in [6, 6.07) is 24.4. The molecule has 1 aliphatic heterocycles. The first-order valence-electron chi connectivity index (χ1n) is 10.1. The summed E-state index contributed by atoms with van der Waals surface area (Å²) >= 11 is 0. The summed E-state index contributed by atoms with van der Waals surface area (Å²) in [6.45, 7) is 0.840. The van der Waals surface area contributed by atoms with E-state index in [0.717, 1.165) is 22.7 Å². The number of benzene rings is 3. The third-order valence-corrected chi connectivity index (χ3v) is 5.25. The van der Waals surface area contributed by atoms with Gasteiger partial charge in [-0.05, 0) is 54.1 Å². The monoisotopic (exact) mass is 416 g/mol. The molecule has 31 heavy (non-hydrogen) atoms. The number of anilines is 2. The van der Waals surface area contributed by atoms with E-state index in [0.29, 0.717) is 18.8 Å². The molecule has 0 bridgehead atoms. The van der Waals surface area contributed by atoms with Gasteiger partial charge in [-0.15, -0.1) is 0 Å². The second-order valence-corrected chi connectivity index (χ2v) is 7.39. The van der Waals surface area contributed by atoms with Gasteiger partial charge in [-0.2, -0.15) is 0 Å². The number of carbonyl (C=O) groups is 2. The Balaban J connectivity index is 1.32. The van der Waals surface area contributed by atoms with E-state index in [1.807, 2.05) is 54.6 Å². The van der Waals surface area contributed by atoms with Crippen molar-refractivity contribution in [2.45, 2.75) is 13.0 Å². The van der Waals surface area contributed by atoms with E-state index in [1.165, 1.54) is 0 Å². The second kappa shape index (κ2) is 9.34. The molecule has 4 rings (SSSR count). The molecule has 0 aromatic heterocycles. The second-order valence-electron chi connectivity index (χ2n) is 7.39. The highest BCUT2D eigenvalue weighted by Crippen LogP contribution is 2.28. The van der Waals surface area contributed by atoms with E-state index in [2.05, 4.69) is 5.32 Å². The summed E-state index contributed by atoms with van der Waals surface area (Å²) in [6.07, 6.45) is 0.191. The van der Waals surface area contributed by atoms with Crippen molar-refractivity contribution in [2.24, 2.45) is 5.92 Å². The number of methoxy groups -OCH3 is 1. The standard InChI is InChI=1S/C25H24N2O4/c1-30-22-13-9-21(10-14-22)27-16-19(15-24(27)28)25(29)26-20-7-11-23(12-8-20)31-17-18-5-3-2-4-6-18/h2-14,19H,15-17H2,1H3,(H,26,29)/t19-/m1/s1. The topological polar surface area (TPSA) is 67.9 Å². The Morgan fingerprint density at radius 3 is 2.32 bits per heavy atom. The smallest absolute Gasteiger partial charge is 0.229 e. The Morgan fingerprint density at radius 2 is 1.65 bits per heavy atom. The van der Waals surface area contributed by atoms with E-state index < -0.39 is 5.92 Å². The molecule has 3 aromatic carbocycles. The minimum Gasteiger partial charge on any atom is -0.497 e. The SMILES string of the molecule is COc1ccc(N2C[C@H](C(=O)Nc3ccc(OCc4ccccc4)cc3)CC2=O)cc1. The van der Waals surface area contributed by atoms with Crippen LogP contribution in [-0.2, 0) is 16.2 Å². The Morgan fingerprint density at radius 1 is 0.968 bits per heavy atom. The van der Waals surface area contributed by atoms with Crippen LogP contribution in [0.15, 0.2) is 78.9 Å². The molecule has 1 heterocycles. The summed E-state index contributed by atoms with van der Waals surface area (Å²) in [5.74, 6) is 0.824. The lowest BCUT2D eigenvalue weighted by molar-refractivity contribution is -0.122. The molecule has 0 saturated carbocycles. The summed E-state index contributed by atoms with van der Waals surface area (Å²) in [5, 5.41) is 2.90. The largest absolute Gasteiger partial charge is 0.497 e. The lowest BCUT2D eigenvalue weighted by Gasteiger charge is -2.17. The van der Waals surface area contributed by atoms with Crippen LogP contribution in [0, 0.1) is 5.92 Å². The van der Waals surface area contributed by atoms with E-state index in [-0.39, 0.29) is 18.2 Å². The molecule has 1 N–H and O–H groups in total. The summed E-state index contributed by atoms with van der Waals surface area (Å²) in [4.78, 5) is 26.8. The minimum atomic E-state index is -0.399. The van der Waals surface area contributed by atoms with Crippen LogP contribution in [-0.4, -0.2) is 25.5 Å². The third kappa shape index (κ3) is 5.04. The van der Waals surface area contributed by atoms with E-state index in [9.17, 15) is 9.59 Å². The van der Waals surface area contributed by atoms with Gasteiger partial charge in [0.25, 0.3) is 0 Å². The molecule has 1 fully saturated rings. The van der Waals surface area contributed by atoms with E-state index in [1.54, 1.807) is 36.3 Å². The molecule has 158 valence electrons. The molecule has 1 aliphatic rings. The molecule has 3 aromatic rings. The van der Waals surface area contributed by atoms with Crippen molar-refractivity contribution in [3.8, 4) is 11.5 Å². The first-order chi connectivity index (χ1) is 15.1. The number of nitrogens with one attached hydrogen (secondary N) is 1. The fraction of sp³-hybridized carbons (Fsp3) is 0.200. The molecule has 6 heteroatoms. The minimum absolute atomic E-state index is 0.0602. The van der Waals surface area contributed by atoms with Gasteiger partial charge in [-0.1, -0.05) is 30.3 Å². The van der Waals surface area contributed by atoms with Crippen LogP contribution in [0.25, 0.3) is 0 Å². The van der Waals surface area contributed by atoms with Crippen molar-refractivity contribution in [3.63, 3.8) is 0 Å². The van der Waals surface area contributed by atoms with Crippen molar-refractivity contribution in [1.82, 2.24) is 0 Å². The zero-order chi connectivity index (χ0) is 21.6. The molecule has 0 radical (unpaired) electrons. The van der Waals surface area contributed by atoms with Crippen LogP contribution in [0.1, 0.15) is 12.0 Å². The zero-order valence-corrected chi connectivity index (χ0v) is 17.3. The average molecular weight is 416 g/mol. The van der Waals surface area contributed by atoms with Gasteiger partial charge in [-0.25, -0.2) is 0 Å². The van der Waals surface area contributed by atoms with Crippen LogP contribution >= 0.6 is 0 Å². The van der Waals surface area contributed by atoms with Gasteiger partial charge in [-0.3, -0.25) is 9.59 Å². The lowest BCUT2D eigenvalue weighted by Crippen LogP contribution is -2.28. The number of rotatable bonds is 7. The van der Waals surface area contributed by atoms with Crippen LogP contribution in [0.3, 0.4) is 0 Å². The fourth-order valence-corrected chi connectivity index (χ4v) is 3.51. The van der Waals surface area contributed by atoms with Crippen molar-refractivity contribution >= 4 is 23.2 Å². The normalized spacial score (nSPS) is 15.6. The maximum atomic E-state index is 12.7. The van der Waals surface area contributed by atoms with Gasteiger partial charge in [0.1, 0.15) is 18.1 Å². The highest BCUT2D eigenvalue weighted by molar-refractivity contribution is 6.03. The molecular formula is C25H24N2O4. The summed E-state index contributed by atoms with van der Waals surface area (Å²) in [5.41, 5.74) is 2.53. The van der Waals surface area contributed by atoms with Crippen molar-refractivity contribution in [2.75, 3.05) is 23.9 Å². The molecule has 6 nitrogen and oxygen atoms in total. The Bertz CT molecular complexity index is 1030. The van der Waals surface area contributed by atoms with Crippen molar-refractivity contribution in [1.29, 1.82) is 0 Å². The fourth-order valence-electron chi connectivity index (χ4n) is 3.51. The van der Waals surface area contributed by atoms with Crippen LogP contribution < -0.4 is 19.7 Å². The van der Waals surface area contributed by atoms with Crippen molar-refractivity contribution in [3.05, 3.63) is 84.4 Å². The maximum Gasteiger partial charge on any atom is 0.229 e. The molecule has 1 atom stereocenters. The number of amides is 2. The first kappa shape index (κ1) is 20.5. The van der Waals surface area contributed by atoms with E-state index in [4.69, 9.17) is 9.47 Å². The van der Waals surface area contributed by atoms with Gasteiger partial charge >= 0.3 is 0 Å².